The molecule has 0 aliphatic carbocycles. The maximum atomic E-state index is 5.69. The standard InChI is InChI=1S/C10H20N2O/c1-10(2)8-12(5-6-13-10)9-3-4-11-7-9/h9,11H,3-8H2,1-2H3/t9-/m1/s1. The van der Waals surface area contributed by atoms with Gasteiger partial charge in [-0.3, -0.25) is 4.90 Å². The summed E-state index contributed by atoms with van der Waals surface area (Å²) in [6, 6.07) is 0.753. The largest absolute Gasteiger partial charge is 0.373 e. The van der Waals surface area contributed by atoms with E-state index in [-0.39, 0.29) is 5.60 Å². The van der Waals surface area contributed by atoms with Crippen LogP contribution in [-0.4, -0.2) is 49.3 Å². The molecule has 3 heteroatoms. The van der Waals surface area contributed by atoms with Gasteiger partial charge in [0.2, 0.25) is 0 Å². The molecule has 0 unspecified atom stereocenters. The van der Waals surface area contributed by atoms with E-state index in [0.29, 0.717) is 0 Å². The molecule has 0 aromatic rings. The van der Waals surface area contributed by atoms with Crippen molar-refractivity contribution in [1.29, 1.82) is 0 Å². The molecule has 0 spiro atoms. The number of hydrogen-bond donors (Lipinski definition) is 1. The second-order valence-electron chi connectivity index (χ2n) is 4.73. The summed E-state index contributed by atoms with van der Waals surface area (Å²) in [5, 5.41) is 3.41. The zero-order chi connectivity index (χ0) is 9.31. The molecule has 0 saturated carbocycles. The molecule has 1 N–H and O–H groups in total. The molecule has 2 aliphatic heterocycles. The van der Waals surface area contributed by atoms with E-state index in [4.69, 9.17) is 4.74 Å². The van der Waals surface area contributed by atoms with E-state index in [1.165, 1.54) is 13.0 Å². The topological polar surface area (TPSA) is 24.5 Å². The van der Waals surface area contributed by atoms with Crippen molar-refractivity contribution in [1.82, 2.24) is 10.2 Å². The zero-order valence-electron chi connectivity index (χ0n) is 8.68. The molecule has 2 rings (SSSR count). The predicted molar refractivity (Wildman–Crippen MR) is 52.9 cm³/mol. The molecule has 13 heavy (non-hydrogen) atoms. The van der Waals surface area contributed by atoms with E-state index in [1.807, 2.05) is 0 Å². The van der Waals surface area contributed by atoms with Gasteiger partial charge in [0.05, 0.1) is 12.2 Å². The average molecular weight is 184 g/mol. The van der Waals surface area contributed by atoms with E-state index in [9.17, 15) is 0 Å². The predicted octanol–water partition coefficient (Wildman–Crippen LogP) is 0.459. The van der Waals surface area contributed by atoms with Crippen LogP contribution in [0.1, 0.15) is 20.3 Å². The van der Waals surface area contributed by atoms with Crippen molar-refractivity contribution in [3.63, 3.8) is 0 Å². The first-order valence-corrected chi connectivity index (χ1v) is 5.26. The number of nitrogens with zero attached hydrogens (tertiary/aromatic N) is 1. The van der Waals surface area contributed by atoms with Crippen LogP contribution in [0.2, 0.25) is 0 Å². The Balaban J connectivity index is 1.91. The van der Waals surface area contributed by atoms with Crippen LogP contribution in [0.5, 0.6) is 0 Å². The summed E-state index contributed by atoms with van der Waals surface area (Å²) in [7, 11) is 0. The fourth-order valence-electron chi connectivity index (χ4n) is 2.32. The summed E-state index contributed by atoms with van der Waals surface area (Å²) >= 11 is 0. The van der Waals surface area contributed by atoms with Gasteiger partial charge >= 0.3 is 0 Å². The van der Waals surface area contributed by atoms with Crippen LogP contribution in [0.3, 0.4) is 0 Å². The van der Waals surface area contributed by atoms with Gasteiger partial charge in [-0.2, -0.15) is 0 Å². The third kappa shape index (κ3) is 2.22. The van der Waals surface area contributed by atoms with Gasteiger partial charge in [0.25, 0.3) is 0 Å². The van der Waals surface area contributed by atoms with Crippen molar-refractivity contribution in [2.75, 3.05) is 32.8 Å². The Morgan fingerprint density at radius 3 is 2.92 bits per heavy atom. The van der Waals surface area contributed by atoms with Gasteiger partial charge in [-0.1, -0.05) is 0 Å². The van der Waals surface area contributed by atoms with Gasteiger partial charge in [-0.05, 0) is 26.8 Å². The van der Waals surface area contributed by atoms with Gasteiger partial charge in [-0.25, -0.2) is 0 Å². The summed E-state index contributed by atoms with van der Waals surface area (Å²) < 4.78 is 5.69. The van der Waals surface area contributed by atoms with Gasteiger partial charge in [-0.15, -0.1) is 0 Å². The maximum Gasteiger partial charge on any atom is 0.0753 e. The van der Waals surface area contributed by atoms with Gasteiger partial charge < -0.3 is 10.1 Å². The molecule has 76 valence electrons. The van der Waals surface area contributed by atoms with Crippen LogP contribution in [-0.2, 0) is 4.74 Å². The van der Waals surface area contributed by atoms with Gasteiger partial charge in [0.15, 0.2) is 0 Å². The number of ether oxygens (including phenoxy) is 1. The highest BCUT2D eigenvalue weighted by atomic mass is 16.5. The highest BCUT2D eigenvalue weighted by Gasteiger charge is 2.32. The first kappa shape index (κ1) is 9.44. The lowest BCUT2D eigenvalue weighted by atomic mass is 10.1. The maximum absolute atomic E-state index is 5.69. The highest BCUT2D eigenvalue weighted by molar-refractivity contribution is 4.87. The van der Waals surface area contributed by atoms with Crippen molar-refractivity contribution in [3.8, 4) is 0 Å². The molecule has 1 atom stereocenters. The van der Waals surface area contributed by atoms with Crippen molar-refractivity contribution >= 4 is 0 Å². The smallest absolute Gasteiger partial charge is 0.0753 e. The van der Waals surface area contributed by atoms with Crippen molar-refractivity contribution in [2.45, 2.75) is 31.9 Å². The Labute approximate surface area is 80.4 Å². The summed E-state index contributed by atoms with van der Waals surface area (Å²) in [4.78, 5) is 2.57. The number of nitrogens with one attached hydrogen (secondary N) is 1. The van der Waals surface area contributed by atoms with Crippen molar-refractivity contribution in [3.05, 3.63) is 0 Å². The average Bonchev–Trinajstić information content (AvgIpc) is 2.53. The molecule has 2 aliphatic rings. The molecule has 0 amide bonds. The van der Waals surface area contributed by atoms with Crippen LogP contribution in [0.25, 0.3) is 0 Å². The molecule has 2 fully saturated rings. The molecule has 3 nitrogen and oxygen atoms in total. The monoisotopic (exact) mass is 184 g/mol. The third-order valence-corrected chi connectivity index (χ3v) is 3.01. The van der Waals surface area contributed by atoms with E-state index >= 15 is 0 Å². The SMILES string of the molecule is CC1(C)CN([C@@H]2CCNC2)CCO1. The zero-order valence-corrected chi connectivity index (χ0v) is 8.68. The lowest BCUT2D eigenvalue weighted by molar-refractivity contribution is -0.0950. The van der Waals surface area contributed by atoms with Crippen LogP contribution < -0.4 is 5.32 Å². The molecule has 0 aromatic carbocycles. The fourth-order valence-corrected chi connectivity index (χ4v) is 2.32. The lowest BCUT2D eigenvalue weighted by Gasteiger charge is -2.41. The molecule has 2 saturated heterocycles. The normalized spacial score (nSPS) is 35.1. The van der Waals surface area contributed by atoms with Crippen LogP contribution in [0, 0.1) is 0 Å². The van der Waals surface area contributed by atoms with Crippen LogP contribution in [0.4, 0.5) is 0 Å². The second-order valence-corrected chi connectivity index (χ2v) is 4.73. The van der Waals surface area contributed by atoms with Gasteiger partial charge in [0, 0.05) is 25.7 Å². The van der Waals surface area contributed by atoms with Crippen molar-refractivity contribution in [2.24, 2.45) is 0 Å². The Morgan fingerprint density at radius 2 is 2.31 bits per heavy atom. The Morgan fingerprint density at radius 1 is 1.46 bits per heavy atom. The van der Waals surface area contributed by atoms with E-state index in [1.54, 1.807) is 0 Å². The van der Waals surface area contributed by atoms with E-state index in [2.05, 4.69) is 24.1 Å². The first-order valence-electron chi connectivity index (χ1n) is 5.26. The van der Waals surface area contributed by atoms with Crippen LogP contribution >= 0.6 is 0 Å². The summed E-state index contributed by atoms with van der Waals surface area (Å²) in [6.07, 6.45) is 1.30. The highest BCUT2D eigenvalue weighted by Crippen LogP contribution is 2.20. The lowest BCUT2D eigenvalue weighted by Crippen LogP contribution is -2.52. The Kier molecular flexibility index (Phi) is 2.58. The molecule has 0 aromatic heterocycles. The Bertz CT molecular complexity index is 176. The minimum absolute atomic E-state index is 0.0564. The first-order chi connectivity index (χ1) is 6.17. The number of morpholine rings is 1. The molecular weight excluding hydrogens is 164 g/mol. The number of rotatable bonds is 1. The Hall–Kier alpha value is -0.120. The third-order valence-electron chi connectivity index (χ3n) is 3.01. The minimum atomic E-state index is 0.0564. The molecular formula is C10H20N2O. The van der Waals surface area contributed by atoms with Crippen LogP contribution in [0.15, 0.2) is 0 Å². The van der Waals surface area contributed by atoms with Crippen molar-refractivity contribution < 1.29 is 4.74 Å². The second kappa shape index (κ2) is 3.56. The quantitative estimate of drug-likeness (QED) is 0.641. The van der Waals surface area contributed by atoms with E-state index < -0.39 is 0 Å². The van der Waals surface area contributed by atoms with E-state index in [0.717, 1.165) is 32.3 Å². The molecule has 2 heterocycles. The fraction of sp³-hybridized carbons (Fsp3) is 1.00. The summed E-state index contributed by atoms with van der Waals surface area (Å²) in [5.41, 5.74) is 0.0564. The number of hydrogen-bond acceptors (Lipinski definition) is 3. The molecule has 0 bridgehead atoms. The molecule has 0 radical (unpaired) electrons. The summed E-state index contributed by atoms with van der Waals surface area (Å²) in [5.74, 6) is 0. The summed E-state index contributed by atoms with van der Waals surface area (Å²) in [6.45, 7) is 9.79. The minimum Gasteiger partial charge on any atom is -0.373 e. The van der Waals surface area contributed by atoms with Gasteiger partial charge in [0.1, 0.15) is 0 Å².